The van der Waals surface area contributed by atoms with Crippen LogP contribution in [0, 0.1) is 0 Å². The first-order valence-corrected chi connectivity index (χ1v) is 9.01. The zero-order valence-corrected chi connectivity index (χ0v) is 15.8. The Hall–Kier alpha value is -2.41. The minimum Gasteiger partial charge on any atom is -0.497 e. The highest BCUT2D eigenvalue weighted by molar-refractivity contribution is 7.13. The summed E-state index contributed by atoms with van der Waals surface area (Å²) >= 11 is 1.40. The second kappa shape index (κ2) is 8.62. The predicted octanol–water partition coefficient (Wildman–Crippen LogP) is 2.76. The lowest BCUT2D eigenvalue weighted by atomic mass is 10.2. The number of amides is 2. The van der Waals surface area contributed by atoms with Crippen molar-refractivity contribution in [2.24, 2.45) is 0 Å². The van der Waals surface area contributed by atoms with Crippen molar-refractivity contribution in [2.75, 3.05) is 33.8 Å². The summed E-state index contributed by atoms with van der Waals surface area (Å²) in [5.41, 5.74) is 1.28. The Morgan fingerprint density at radius 2 is 1.80 bits per heavy atom. The average Bonchev–Trinajstić information content (AvgIpc) is 3.12. The van der Waals surface area contributed by atoms with Gasteiger partial charge in [0.25, 0.3) is 5.91 Å². The molecule has 0 bridgehead atoms. The summed E-state index contributed by atoms with van der Waals surface area (Å²) < 4.78 is 5.14. The van der Waals surface area contributed by atoms with E-state index in [1.807, 2.05) is 38.1 Å². The van der Waals surface area contributed by atoms with Gasteiger partial charge in [-0.25, -0.2) is 4.98 Å². The van der Waals surface area contributed by atoms with Crippen molar-refractivity contribution in [1.29, 1.82) is 0 Å². The van der Waals surface area contributed by atoms with Gasteiger partial charge in [-0.1, -0.05) is 0 Å². The monoisotopic (exact) mass is 361 g/mol. The molecule has 7 heteroatoms. The second-order valence-electron chi connectivity index (χ2n) is 5.49. The molecule has 0 spiro atoms. The molecule has 1 heterocycles. The Kier molecular flexibility index (Phi) is 6.52. The van der Waals surface area contributed by atoms with E-state index < -0.39 is 0 Å². The summed E-state index contributed by atoms with van der Waals surface area (Å²) in [6.07, 6.45) is 0. The summed E-state index contributed by atoms with van der Waals surface area (Å²) in [5.74, 6) is 0.453. The van der Waals surface area contributed by atoms with Crippen molar-refractivity contribution in [3.8, 4) is 16.3 Å². The zero-order valence-electron chi connectivity index (χ0n) is 15.0. The van der Waals surface area contributed by atoms with Gasteiger partial charge in [0.2, 0.25) is 5.91 Å². The normalized spacial score (nSPS) is 10.4. The van der Waals surface area contributed by atoms with Crippen molar-refractivity contribution >= 4 is 23.2 Å². The van der Waals surface area contributed by atoms with Crippen LogP contribution in [0.4, 0.5) is 0 Å². The van der Waals surface area contributed by atoms with Crippen molar-refractivity contribution in [3.63, 3.8) is 0 Å². The Bertz CT molecular complexity index is 723. The summed E-state index contributed by atoms with van der Waals surface area (Å²) in [4.78, 5) is 32.2. The van der Waals surface area contributed by atoms with E-state index in [4.69, 9.17) is 4.74 Å². The molecule has 0 radical (unpaired) electrons. The third kappa shape index (κ3) is 4.57. The van der Waals surface area contributed by atoms with Crippen LogP contribution in [-0.2, 0) is 4.79 Å². The number of benzene rings is 1. The van der Waals surface area contributed by atoms with E-state index in [-0.39, 0.29) is 18.4 Å². The second-order valence-corrected chi connectivity index (χ2v) is 6.35. The van der Waals surface area contributed by atoms with Gasteiger partial charge in [0.1, 0.15) is 16.5 Å². The highest BCUT2D eigenvalue weighted by Gasteiger charge is 2.20. The van der Waals surface area contributed by atoms with E-state index in [1.54, 1.807) is 24.4 Å². The van der Waals surface area contributed by atoms with Crippen molar-refractivity contribution in [3.05, 3.63) is 35.3 Å². The fourth-order valence-electron chi connectivity index (χ4n) is 2.38. The van der Waals surface area contributed by atoms with Crippen LogP contribution >= 0.6 is 11.3 Å². The molecular weight excluding hydrogens is 338 g/mol. The Morgan fingerprint density at radius 1 is 1.16 bits per heavy atom. The standard InChI is InChI=1S/C18H23N3O3S/c1-5-21(6-2)16(22)11-20(3)18(23)15-12-25-17(19-15)13-7-9-14(24-4)10-8-13/h7-10,12H,5-6,11H2,1-4H3. The highest BCUT2D eigenvalue weighted by atomic mass is 32.1. The van der Waals surface area contributed by atoms with Crippen LogP contribution in [0.15, 0.2) is 29.6 Å². The molecule has 0 N–H and O–H groups in total. The lowest BCUT2D eigenvalue weighted by Crippen LogP contribution is -2.41. The minimum atomic E-state index is -0.253. The highest BCUT2D eigenvalue weighted by Crippen LogP contribution is 2.26. The molecule has 25 heavy (non-hydrogen) atoms. The first-order chi connectivity index (χ1) is 12.0. The Morgan fingerprint density at radius 3 is 2.36 bits per heavy atom. The van der Waals surface area contributed by atoms with E-state index in [0.717, 1.165) is 16.3 Å². The fraction of sp³-hybridized carbons (Fsp3) is 0.389. The summed E-state index contributed by atoms with van der Waals surface area (Å²) in [6.45, 7) is 5.16. The SMILES string of the molecule is CCN(CC)C(=O)CN(C)C(=O)c1csc(-c2ccc(OC)cc2)n1. The molecule has 0 unspecified atom stereocenters. The number of carbonyl (C=O) groups excluding carboxylic acids is 2. The number of thiazole rings is 1. The Balaban J connectivity index is 2.07. The van der Waals surface area contributed by atoms with Crippen LogP contribution < -0.4 is 4.74 Å². The molecule has 0 atom stereocenters. The molecular formula is C18H23N3O3S. The van der Waals surface area contributed by atoms with E-state index in [1.165, 1.54) is 16.2 Å². The molecule has 1 aromatic carbocycles. The van der Waals surface area contributed by atoms with Crippen LogP contribution in [-0.4, -0.2) is 60.4 Å². The number of hydrogen-bond acceptors (Lipinski definition) is 5. The molecule has 2 amide bonds. The van der Waals surface area contributed by atoms with Gasteiger partial charge in [-0.05, 0) is 38.1 Å². The number of ether oxygens (including phenoxy) is 1. The molecule has 0 aliphatic rings. The zero-order chi connectivity index (χ0) is 18.4. The number of nitrogens with zero attached hydrogens (tertiary/aromatic N) is 3. The van der Waals surface area contributed by atoms with Crippen LogP contribution in [0.3, 0.4) is 0 Å². The molecule has 6 nitrogen and oxygen atoms in total. The molecule has 2 rings (SSSR count). The van der Waals surface area contributed by atoms with Crippen LogP contribution in [0.1, 0.15) is 24.3 Å². The van der Waals surface area contributed by atoms with E-state index in [0.29, 0.717) is 18.8 Å². The smallest absolute Gasteiger partial charge is 0.273 e. The minimum absolute atomic E-state index is 0.0515. The molecule has 0 aliphatic heterocycles. The van der Waals surface area contributed by atoms with E-state index in [2.05, 4.69) is 4.98 Å². The lowest BCUT2D eigenvalue weighted by molar-refractivity contribution is -0.131. The lowest BCUT2D eigenvalue weighted by Gasteiger charge is -2.22. The largest absolute Gasteiger partial charge is 0.497 e. The molecule has 0 aliphatic carbocycles. The van der Waals surface area contributed by atoms with Gasteiger partial charge < -0.3 is 14.5 Å². The van der Waals surface area contributed by atoms with Crippen LogP contribution in [0.5, 0.6) is 5.75 Å². The van der Waals surface area contributed by atoms with Gasteiger partial charge in [0, 0.05) is 31.1 Å². The van der Waals surface area contributed by atoms with Crippen molar-refractivity contribution < 1.29 is 14.3 Å². The van der Waals surface area contributed by atoms with Crippen molar-refractivity contribution in [1.82, 2.24) is 14.8 Å². The molecule has 0 saturated heterocycles. The number of aromatic nitrogens is 1. The van der Waals surface area contributed by atoms with Gasteiger partial charge in [-0.3, -0.25) is 9.59 Å². The molecule has 0 saturated carbocycles. The fourth-order valence-corrected chi connectivity index (χ4v) is 3.18. The van der Waals surface area contributed by atoms with Crippen LogP contribution in [0.2, 0.25) is 0 Å². The number of hydrogen-bond donors (Lipinski definition) is 0. The van der Waals surface area contributed by atoms with E-state index >= 15 is 0 Å². The first-order valence-electron chi connectivity index (χ1n) is 8.13. The third-order valence-corrected chi connectivity index (χ3v) is 4.79. The van der Waals surface area contributed by atoms with Gasteiger partial charge in [-0.2, -0.15) is 0 Å². The van der Waals surface area contributed by atoms with Gasteiger partial charge in [0.15, 0.2) is 0 Å². The maximum absolute atomic E-state index is 12.5. The van der Waals surface area contributed by atoms with Crippen molar-refractivity contribution in [2.45, 2.75) is 13.8 Å². The van der Waals surface area contributed by atoms with Gasteiger partial charge >= 0.3 is 0 Å². The number of likely N-dealkylation sites (N-methyl/N-ethyl adjacent to an activating group) is 2. The summed E-state index contributed by atoms with van der Waals surface area (Å²) in [7, 11) is 3.24. The molecule has 2 aromatic rings. The number of carbonyl (C=O) groups is 2. The quantitative estimate of drug-likeness (QED) is 0.761. The molecule has 0 fully saturated rings. The summed E-state index contributed by atoms with van der Waals surface area (Å²) in [5, 5.41) is 2.48. The van der Waals surface area contributed by atoms with Crippen LogP contribution in [0.25, 0.3) is 10.6 Å². The maximum Gasteiger partial charge on any atom is 0.273 e. The van der Waals surface area contributed by atoms with Gasteiger partial charge in [-0.15, -0.1) is 11.3 Å². The molecule has 134 valence electrons. The molecule has 1 aromatic heterocycles. The summed E-state index contributed by atoms with van der Waals surface area (Å²) in [6, 6.07) is 7.51. The topological polar surface area (TPSA) is 62.7 Å². The van der Waals surface area contributed by atoms with Gasteiger partial charge in [0.05, 0.1) is 13.7 Å². The predicted molar refractivity (Wildman–Crippen MR) is 99.0 cm³/mol. The van der Waals surface area contributed by atoms with E-state index in [9.17, 15) is 9.59 Å². The number of rotatable bonds is 7. The Labute approximate surface area is 152 Å². The third-order valence-electron chi connectivity index (χ3n) is 3.90. The average molecular weight is 361 g/mol. The first kappa shape index (κ1) is 18.9. The number of methoxy groups -OCH3 is 1. The maximum atomic E-state index is 12.5.